The van der Waals surface area contributed by atoms with Gasteiger partial charge < -0.3 is 0 Å². The third-order valence-corrected chi connectivity index (χ3v) is 5.18. The molecule has 0 spiro atoms. The molecule has 0 N–H and O–H groups in total. The molecule has 0 heterocycles. The Labute approximate surface area is 136 Å². The zero-order valence-corrected chi connectivity index (χ0v) is 13.5. The van der Waals surface area contributed by atoms with Crippen molar-refractivity contribution in [1.29, 1.82) is 0 Å². The van der Waals surface area contributed by atoms with E-state index in [2.05, 4.69) is 28.7 Å². The van der Waals surface area contributed by atoms with Crippen molar-refractivity contribution in [1.82, 2.24) is 0 Å². The highest BCUT2D eigenvalue weighted by atomic mass is 127. The van der Waals surface area contributed by atoms with Gasteiger partial charge in [0.1, 0.15) is 0 Å². The van der Waals surface area contributed by atoms with E-state index in [1.807, 2.05) is 30.3 Å². The Morgan fingerprint density at radius 3 is 2.57 bits per heavy atom. The lowest BCUT2D eigenvalue weighted by atomic mass is 9.95. The SMILES string of the molecule is O=C1CCc2cc3c(cc21)CC(c1cccc(I)c1)C3=O. The average Bonchev–Trinajstić information content (AvgIpc) is 2.99. The molecule has 0 bridgehead atoms. The number of carbonyl (C=O) groups is 2. The van der Waals surface area contributed by atoms with Gasteiger partial charge >= 0.3 is 0 Å². The summed E-state index contributed by atoms with van der Waals surface area (Å²) in [7, 11) is 0. The second-order valence-electron chi connectivity index (χ2n) is 5.77. The van der Waals surface area contributed by atoms with Crippen molar-refractivity contribution in [2.24, 2.45) is 0 Å². The van der Waals surface area contributed by atoms with Gasteiger partial charge in [0.25, 0.3) is 0 Å². The van der Waals surface area contributed by atoms with E-state index in [0.29, 0.717) is 6.42 Å². The van der Waals surface area contributed by atoms with Gasteiger partial charge in [0, 0.05) is 21.1 Å². The van der Waals surface area contributed by atoms with Gasteiger partial charge in [0.15, 0.2) is 11.6 Å². The minimum Gasteiger partial charge on any atom is -0.294 e. The van der Waals surface area contributed by atoms with Gasteiger partial charge in [-0.2, -0.15) is 0 Å². The fraction of sp³-hybridized carbons (Fsp3) is 0.222. The van der Waals surface area contributed by atoms with Crippen LogP contribution >= 0.6 is 22.6 Å². The van der Waals surface area contributed by atoms with E-state index in [-0.39, 0.29) is 17.5 Å². The van der Waals surface area contributed by atoms with Crippen molar-refractivity contribution in [2.75, 3.05) is 0 Å². The Bertz CT molecular complexity index is 792. The fourth-order valence-electron chi connectivity index (χ4n) is 3.43. The molecule has 104 valence electrons. The Hall–Kier alpha value is -1.49. The Morgan fingerprint density at radius 2 is 1.76 bits per heavy atom. The van der Waals surface area contributed by atoms with Crippen LogP contribution in [-0.4, -0.2) is 11.6 Å². The zero-order chi connectivity index (χ0) is 14.6. The largest absolute Gasteiger partial charge is 0.294 e. The number of fused-ring (bicyclic) bond motifs is 2. The first-order valence-electron chi connectivity index (χ1n) is 7.12. The molecule has 0 saturated heterocycles. The molecular formula is C18H13IO2. The molecule has 0 saturated carbocycles. The van der Waals surface area contributed by atoms with E-state index >= 15 is 0 Å². The van der Waals surface area contributed by atoms with E-state index in [0.717, 1.165) is 44.2 Å². The summed E-state index contributed by atoms with van der Waals surface area (Å²) < 4.78 is 1.14. The molecule has 0 amide bonds. The van der Waals surface area contributed by atoms with Crippen LogP contribution in [0.25, 0.3) is 0 Å². The van der Waals surface area contributed by atoms with Crippen LogP contribution in [0.2, 0.25) is 0 Å². The minimum absolute atomic E-state index is 0.0904. The van der Waals surface area contributed by atoms with Crippen LogP contribution in [0.4, 0.5) is 0 Å². The lowest BCUT2D eigenvalue weighted by Crippen LogP contribution is -2.07. The lowest BCUT2D eigenvalue weighted by molar-refractivity contribution is 0.0970. The number of benzene rings is 2. The third kappa shape index (κ3) is 2.06. The van der Waals surface area contributed by atoms with Crippen molar-refractivity contribution >= 4 is 34.2 Å². The first-order chi connectivity index (χ1) is 10.1. The zero-order valence-electron chi connectivity index (χ0n) is 11.4. The summed E-state index contributed by atoms with van der Waals surface area (Å²) in [6.45, 7) is 0. The van der Waals surface area contributed by atoms with Gasteiger partial charge in [0.2, 0.25) is 0 Å². The topological polar surface area (TPSA) is 34.1 Å². The summed E-state index contributed by atoms with van der Waals surface area (Å²) >= 11 is 2.27. The average molecular weight is 388 g/mol. The smallest absolute Gasteiger partial charge is 0.170 e. The monoisotopic (exact) mass is 388 g/mol. The van der Waals surface area contributed by atoms with Crippen LogP contribution < -0.4 is 0 Å². The van der Waals surface area contributed by atoms with Gasteiger partial charge in [-0.05, 0) is 76.4 Å². The Morgan fingerprint density at radius 1 is 0.952 bits per heavy atom. The number of rotatable bonds is 1. The van der Waals surface area contributed by atoms with Crippen LogP contribution in [0.15, 0.2) is 36.4 Å². The first-order valence-corrected chi connectivity index (χ1v) is 8.20. The minimum atomic E-state index is -0.0904. The molecule has 2 aromatic carbocycles. The molecule has 21 heavy (non-hydrogen) atoms. The summed E-state index contributed by atoms with van der Waals surface area (Å²) in [6, 6.07) is 12.1. The van der Waals surface area contributed by atoms with Gasteiger partial charge in [-0.3, -0.25) is 9.59 Å². The highest BCUT2D eigenvalue weighted by Crippen LogP contribution is 2.37. The van der Waals surface area contributed by atoms with Crippen molar-refractivity contribution < 1.29 is 9.59 Å². The maximum atomic E-state index is 12.7. The maximum absolute atomic E-state index is 12.7. The van der Waals surface area contributed by atoms with Crippen LogP contribution in [0, 0.1) is 3.57 Å². The van der Waals surface area contributed by atoms with Crippen LogP contribution in [0.3, 0.4) is 0 Å². The molecule has 0 fully saturated rings. The quantitative estimate of drug-likeness (QED) is 0.694. The number of halogens is 1. The van der Waals surface area contributed by atoms with Gasteiger partial charge in [-0.1, -0.05) is 12.1 Å². The predicted octanol–water partition coefficient (Wildman–Crippen LogP) is 3.94. The van der Waals surface area contributed by atoms with Crippen LogP contribution in [0.5, 0.6) is 0 Å². The molecule has 4 rings (SSSR count). The van der Waals surface area contributed by atoms with Gasteiger partial charge in [0.05, 0.1) is 5.92 Å². The summed E-state index contributed by atoms with van der Waals surface area (Å²) in [5.74, 6) is 0.333. The van der Waals surface area contributed by atoms with E-state index < -0.39 is 0 Å². The molecule has 1 atom stereocenters. The van der Waals surface area contributed by atoms with Crippen molar-refractivity contribution in [3.63, 3.8) is 0 Å². The maximum Gasteiger partial charge on any atom is 0.170 e. The third-order valence-electron chi connectivity index (χ3n) is 4.51. The molecule has 2 aromatic rings. The first kappa shape index (κ1) is 13.2. The number of carbonyl (C=O) groups excluding carboxylic acids is 2. The van der Waals surface area contributed by atoms with Crippen molar-refractivity contribution in [2.45, 2.75) is 25.2 Å². The summed E-state index contributed by atoms with van der Waals surface area (Å²) in [5.41, 5.74) is 4.83. The summed E-state index contributed by atoms with van der Waals surface area (Å²) in [6.07, 6.45) is 2.09. The fourth-order valence-corrected chi connectivity index (χ4v) is 4.00. The Balaban J connectivity index is 1.77. The predicted molar refractivity (Wildman–Crippen MR) is 89.0 cm³/mol. The molecular weight excluding hydrogens is 375 g/mol. The molecule has 0 aromatic heterocycles. The van der Waals surface area contributed by atoms with Crippen molar-refractivity contribution in [3.05, 3.63) is 67.8 Å². The van der Waals surface area contributed by atoms with E-state index in [1.54, 1.807) is 0 Å². The van der Waals surface area contributed by atoms with E-state index in [4.69, 9.17) is 0 Å². The number of hydrogen-bond acceptors (Lipinski definition) is 2. The molecule has 3 heteroatoms. The summed E-state index contributed by atoms with van der Waals surface area (Å²) in [4.78, 5) is 24.6. The molecule has 2 nitrogen and oxygen atoms in total. The standard InChI is InChI=1S/C18H13IO2/c19-13-3-1-2-10(6-13)15-9-12-8-14-11(4-5-17(14)20)7-16(12)18(15)21/h1-3,6-8,15H,4-5,9H2. The molecule has 0 aliphatic heterocycles. The van der Waals surface area contributed by atoms with Gasteiger partial charge in [-0.15, -0.1) is 0 Å². The van der Waals surface area contributed by atoms with E-state index in [1.165, 1.54) is 0 Å². The van der Waals surface area contributed by atoms with Crippen molar-refractivity contribution in [3.8, 4) is 0 Å². The summed E-state index contributed by atoms with van der Waals surface area (Å²) in [5, 5.41) is 0. The van der Waals surface area contributed by atoms with Gasteiger partial charge in [-0.25, -0.2) is 0 Å². The second-order valence-corrected chi connectivity index (χ2v) is 7.01. The molecule has 2 aliphatic rings. The number of aryl methyl sites for hydroxylation is 1. The lowest BCUT2D eigenvalue weighted by Gasteiger charge is -2.08. The molecule has 0 radical (unpaired) electrons. The Kier molecular flexibility index (Phi) is 2.99. The highest BCUT2D eigenvalue weighted by molar-refractivity contribution is 14.1. The molecule has 2 aliphatic carbocycles. The van der Waals surface area contributed by atoms with Crippen LogP contribution in [0.1, 0.15) is 49.7 Å². The molecule has 1 unspecified atom stereocenters. The second kappa shape index (κ2) is 4.77. The van der Waals surface area contributed by atoms with Crippen LogP contribution in [-0.2, 0) is 12.8 Å². The van der Waals surface area contributed by atoms with E-state index in [9.17, 15) is 9.59 Å². The highest BCUT2D eigenvalue weighted by Gasteiger charge is 2.34. The number of ketones is 2. The number of Topliss-reactive ketones (excluding diaryl/α,β-unsaturated/α-hetero) is 2. The number of hydrogen-bond donors (Lipinski definition) is 0. The normalized spacial score (nSPS) is 19.8.